The van der Waals surface area contributed by atoms with Crippen LogP contribution >= 0.6 is 11.3 Å². The second kappa shape index (κ2) is 8.48. The lowest BCUT2D eigenvalue weighted by Gasteiger charge is -2.19. The van der Waals surface area contributed by atoms with Gasteiger partial charge in [-0.15, -0.1) is 11.3 Å². The van der Waals surface area contributed by atoms with Crippen LogP contribution < -0.4 is 10.7 Å². The van der Waals surface area contributed by atoms with E-state index in [4.69, 9.17) is 0 Å². The zero-order chi connectivity index (χ0) is 19.4. The number of carbonyl (C=O) groups excluding carboxylic acids is 2. The number of nitrogens with one attached hydrogen (secondary N) is 2. The quantitative estimate of drug-likeness (QED) is 0.594. The molecular weight excluding hydrogens is 358 g/mol. The Balaban J connectivity index is 1.68. The summed E-state index contributed by atoms with van der Waals surface area (Å²) in [6.45, 7) is 5.53. The number of carbonyl (C=O) groups is 2. The van der Waals surface area contributed by atoms with Gasteiger partial charge in [0.1, 0.15) is 0 Å². The molecule has 142 valence electrons. The van der Waals surface area contributed by atoms with Gasteiger partial charge in [0.2, 0.25) is 5.91 Å². The van der Waals surface area contributed by atoms with E-state index in [-0.39, 0.29) is 11.8 Å². The molecule has 0 aliphatic heterocycles. The number of anilines is 1. The maximum absolute atomic E-state index is 12.5. The predicted octanol–water partition coefficient (Wildman–Crippen LogP) is 4.38. The highest BCUT2D eigenvalue weighted by Gasteiger charge is 2.22. The number of hydrazone groups is 1. The van der Waals surface area contributed by atoms with Gasteiger partial charge in [-0.3, -0.25) is 9.59 Å². The molecule has 0 radical (unpaired) electrons. The molecular formula is C21H25N3O2S. The van der Waals surface area contributed by atoms with Crippen molar-refractivity contribution in [2.75, 3.05) is 5.32 Å². The topological polar surface area (TPSA) is 70.6 Å². The van der Waals surface area contributed by atoms with Gasteiger partial charge in [0, 0.05) is 17.5 Å². The Morgan fingerprint density at radius 3 is 2.81 bits per heavy atom. The summed E-state index contributed by atoms with van der Waals surface area (Å²) in [6.07, 6.45) is 4.56. The zero-order valence-corrected chi connectivity index (χ0v) is 16.8. The van der Waals surface area contributed by atoms with Crippen molar-refractivity contribution in [3.8, 4) is 0 Å². The number of amides is 2. The molecule has 5 nitrogen and oxygen atoms in total. The summed E-state index contributed by atoms with van der Waals surface area (Å²) in [7, 11) is 0. The molecule has 0 fully saturated rings. The molecule has 1 aliphatic rings. The molecule has 1 aromatic carbocycles. The number of hydrogen-bond donors (Lipinski definition) is 2. The number of hydrogen-bond acceptors (Lipinski definition) is 4. The summed E-state index contributed by atoms with van der Waals surface area (Å²) in [5.41, 5.74) is 6.22. The van der Waals surface area contributed by atoms with Crippen LogP contribution in [0.4, 0.5) is 5.69 Å². The predicted molar refractivity (Wildman–Crippen MR) is 111 cm³/mol. The van der Waals surface area contributed by atoms with Crippen LogP contribution in [-0.2, 0) is 17.6 Å². The Labute approximate surface area is 163 Å². The zero-order valence-electron chi connectivity index (χ0n) is 16.0. The van der Waals surface area contributed by atoms with Crippen LogP contribution in [0.2, 0.25) is 0 Å². The summed E-state index contributed by atoms with van der Waals surface area (Å²) >= 11 is 1.58. The summed E-state index contributed by atoms with van der Waals surface area (Å²) < 4.78 is 0. The average molecular weight is 384 g/mol. The lowest BCUT2D eigenvalue weighted by Crippen LogP contribution is -2.18. The van der Waals surface area contributed by atoms with Gasteiger partial charge in [-0.05, 0) is 61.4 Å². The molecule has 0 spiro atoms. The Bertz CT molecular complexity index is 885. The minimum atomic E-state index is -0.167. The fraction of sp³-hybridized carbons (Fsp3) is 0.381. The van der Waals surface area contributed by atoms with Crippen molar-refractivity contribution < 1.29 is 9.59 Å². The molecule has 1 unspecified atom stereocenters. The van der Waals surface area contributed by atoms with Crippen LogP contribution in [0.1, 0.15) is 59.3 Å². The standard InChI is InChI=1S/C21H25N3O2S/c1-4-15-8-9-19-17(10-15)12-20(27-19)21(26)24-23-13(2)16-6-5-7-18(11-16)22-14(3)25/h5-7,11-12,15H,4,8-10H2,1-3H3,(H,22,25)(H,24,26). The van der Waals surface area contributed by atoms with E-state index in [1.165, 1.54) is 30.2 Å². The van der Waals surface area contributed by atoms with E-state index in [0.29, 0.717) is 11.4 Å². The van der Waals surface area contributed by atoms with Gasteiger partial charge in [-0.25, -0.2) is 5.43 Å². The lowest BCUT2D eigenvalue weighted by atomic mass is 9.87. The Morgan fingerprint density at radius 1 is 1.26 bits per heavy atom. The second-order valence-electron chi connectivity index (χ2n) is 6.98. The number of nitrogens with zero attached hydrogens (tertiary/aromatic N) is 1. The fourth-order valence-corrected chi connectivity index (χ4v) is 4.44. The molecule has 1 atom stereocenters. The minimum absolute atomic E-state index is 0.123. The summed E-state index contributed by atoms with van der Waals surface area (Å²) in [5.74, 6) is 0.445. The van der Waals surface area contributed by atoms with Gasteiger partial charge < -0.3 is 5.32 Å². The van der Waals surface area contributed by atoms with Gasteiger partial charge in [-0.2, -0.15) is 5.10 Å². The fourth-order valence-electron chi connectivity index (χ4n) is 3.34. The van der Waals surface area contributed by atoms with E-state index < -0.39 is 0 Å². The van der Waals surface area contributed by atoms with Crippen molar-refractivity contribution in [1.29, 1.82) is 0 Å². The van der Waals surface area contributed by atoms with Crippen molar-refractivity contribution in [1.82, 2.24) is 5.43 Å². The maximum Gasteiger partial charge on any atom is 0.281 e. The Hall–Kier alpha value is -2.47. The number of thiophene rings is 1. The molecule has 0 saturated heterocycles. The molecule has 2 amide bonds. The van der Waals surface area contributed by atoms with Crippen molar-refractivity contribution in [3.63, 3.8) is 0 Å². The monoisotopic (exact) mass is 383 g/mol. The van der Waals surface area contributed by atoms with E-state index in [9.17, 15) is 9.59 Å². The normalized spacial score (nSPS) is 16.6. The average Bonchev–Trinajstić information content (AvgIpc) is 3.08. The number of benzene rings is 1. The summed E-state index contributed by atoms with van der Waals surface area (Å²) in [6, 6.07) is 9.42. The molecule has 0 bridgehead atoms. The first kappa shape index (κ1) is 19.3. The molecule has 1 aliphatic carbocycles. The van der Waals surface area contributed by atoms with Crippen LogP contribution in [0.3, 0.4) is 0 Å². The SMILES string of the molecule is CCC1CCc2sc(C(=O)NN=C(C)c3cccc(NC(C)=O)c3)cc2C1. The summed E-state index contributed by atoms with van der Waals surface area (Å²) in [4.78, 5) is 25.8. The van der Waals surface area contributed by atoms with E-state index in [2.05, 4.69) is 22.8 Å². The van der Waals surface area contributed by atoms with Crippen molar-refractivity contribution in [2.24, 2.45) is 11.0 Å². The Morgan fingerprint density at radius 2 is 2.07 bits per heavy atom. The molecule has 1 aromatic heterocycles. The number of aryl methyl sites for hydroxylation is 1. The molecule has 1 heterocycles. The molecule has 2 N–H and O–H groups in total. The third kappa shape index (κ3) is 4.83. The van der Waals surface area contributed by atoms with E-state index in [0.717, 1.165) is 29.2 Å². The number of rotatable bonds is 5. The smallest absolute Gasteiger partial charge is 0.281 e. The minimum Gasteiger partial charge on any atom is -0.326 e. The first-order valence-electron chi connectivity index (χ1n) is 9.30. The molecule has 2 aromatic rings. The maximum atomic E-state index is 12.5. The molecule has 6 heteroatoms. The van der Waals surface area contributed by atoms with Gasteiger partial charge in [0.25, 0.3) is 5.91 Å². The third-order valence-electron chi connectivity index (χ3n) is 4.91. The molecule has 27 heavy (non-hydrogen) atoms. The van der Waals surface area contributed by atoms with Crippen molar-refractivity contribution >= 4 is 34.6 Å². The van der Waals surface area contributed by atoms with Gasteiger partial charge in [-0.1, -0.05) is 25.5 Å². The van der Waals surface area contributed by atoms with Crippen LogP contribution in [0.25, 0.3) is 0 Å². The van der Waals surface area contributed by atoms with E-state index in [1.54, 1.807) is 11.3 Å². The Kier molecular flexibility index (Phi) is 6.06. The lowest BCUT2D eigenvalue weighted by molar-refractivity contribution is -0.114. The van der Waals surface area contributed by atoms with Gasteiger partial charge >= 0.3 is 0 Å². The van der Waals surface area contributed by atoms with Gasteiger partial charge in [0.15, 0.2) is 0 Å². The first-order chi connectivity index (χ1) is 13.0. The van der Waals surface area contributed by atoms with Crippen LogP contribution in [0.15, 0.2) is 35.4 Å². The molecule has 3 rings (SSSR count). The highest BCUT2D eigenvalue weighted by Crippen LogP contribution is 2.33. The van der Waals surface area contributed by atoms with Crippen LogP contribution in [-0.4, -0.2) is 17.5 Å². The van der Waals surface area contributed by atoms with Crippen LogP contribution in [0.5, 0.6) is 0 Å². The largest absolute Gasteiger partial charge is 0.326 e. The van der Waals surface area contributed by atoms with Gasteiger partial charge in [0.05, 0.1) is 10.6 Å². The van der Waals surface area contributed by atoms with Crippen molar-refractivity contribution in [2.45, 2.75) is 46.5 Å². The van der Waals surface area contributed by atoms with Crippen LogP contribution in [0, 0.1) is 5.92 Å². The highest BCUT2D eigenvalue weighted by molar-refractivity contribution is 7.14. The second-order valence-corrected chi connectivity index (χ2v) is 8.11. The number of fused-ring (bicyclic) bond motifs is 1. The van der Waals surface area contributed by atoms with Crippen molar-refractivity contribution in [3.05, 3.63) is 51.2 Å². The van der Waals surface area contributed by atoms with E-state index in [1.807, 2.05) is 37.3 Å². The molecule has 0 saturated carbocycles. The van der Waals surface area contributed by atoms with E-state index >= 15 is 0 Å². The first-order valence-corrected chi connectivity index (χ1v) is 10.1. The highest BCUT2D eigenvalue weighted by atomic mass is 32.1. The summed E-state index contributed by atoms with van der Waals surface area (Å²) in [5, 5.41) is 6.99. The third-order valence-corrected chi connectivity index (χ3v) is 6.15.